The van der Waals surface area contributed by atoms with Crippen LogP contribution in [0.5, 0.6) is 11.5 Å². The fraction of sp³-hybridized carbons (Fsp3) is 0.200. The Hall–Kier alpha value is -5.60. The molecule has 1 aliphatic heterocycles. The van der Waals surface area contributed by atoms with Crippen LogP contribution < -0.4 is 4.74 Å². The van der Waals surface area contributed by atoms with Gasteiger partial charge in [0.05, 0.1) is 0 Å². The number of para-hydroxylation sites is 1. The number of hydrogen-bond donors (Lipinski definition) is 0. The van der Waals surface area contributed by atoms with Gasteiger partial charge in [0.1, 0.15) is 22.7 Å². The Balaban J connectivity index is 0.953. The molecular formula is C50H36O2. The van der Waals surface area contributed by atoms with E-state index in [4.69, 9.17) is 9.15 Å². The lowest BCUT2D eigenvalue weighted by molar-refractivity contribution is -0.0399. The molecule has 0 unspecified atom stereocenters. The van der Waals surface area contributed by atoms with Gasteiger partial charge < -0.3 is 9.15 Å². The van der Waals surface area contributed by atoms with Crippen LogP contribution in [0.4, 0.5) is 0 Å². The average molecular weight is 669 g/mol. The molecule has 0 N–H and O–H groups in total. The quantitative estimate of drug-likeness (QED) is 0.183. The van der Waals surface area contributed by atoms with Crippen molar-refractivity contribution < 1.29 is 9.15 Å². The molecule has 1 spiro atoms. The number of ether oxygens (including phenoxy) is 1. The summed E-state index contributed by atoms with van der Waals surface area (Å²) in [5.41, 5.74) is 15.5. The van der Waals surface area contributed by atoms with E-state index in [2.05, 4.69) is 121 Å². The normalized spacial score (nSPS) is 24.4. The number of hydrogen-bond acceptors (Lipinski definition) is 2. The van der Waals surface area contributed by atoms with E-state index in [1.165, 1.54) is 81.8 Å². The standard InChI is InChI=1S/C50H36O2/c1-3-10-43-36(6-1)37-15-12-31(27-44(37)50(43)33-21-28-20-29(23-33)24-34(50)22-28)30-13-17-47-42(25-30)40-9-5-8-39-35(16-19-48(52-47)49(39)40)32-14-18-46-41(26-32)38-7-2-4-11-45(38)51-46/h1-19,25-29,33-34H,20-24H2. The van der Waals surface area contributed by atoms with Crippen molar-refractivity contribution in [3.8, 4) is 56.0 Å². The molecule has 6 aliphatic rings. The molecule has 4 saturated carbocycles. The Morgan fingerprint density at radius 2 is 1.10 bits per heavy atom. The summed E-state index contributed by atoms with van der Waals surface area (Å²) < 4.78 is 12.9. The van der Waals surface area contributed by atoms with Crippen molar-refractivity contribution in [1.82, 2.24) is 0 Å². The van der Waals surface area contributed by atoms with E-state index in [0.29, 0.717) is 0 Å². The van der Waals surface area contributed by atoms with Crippen LogP contribution in [0, 0.1) is 23.7 Å². The summed E-state index contributed by atoms with van der Waals surface area (Å²) in [6.45, 7) is 0. The summed E-state index contributed by atoms with van der Waals surface area (Å²) in [5, 5.41) is 4.68. The minimum absolute atomic E-state index is 0.166. The topological polar surface area (TPSA) is 22.4 Å². The van der Waals surface area contributed by atoms with Gasteiger partial charge in [-0.05, 0) is 154 Å². The highest BCUT2D eigenvalue weighted by Crippen LogP contribution is 2.69. The molecule has 8 aromatic rings. The van der Waals surface area contributed by atoms with Gasteiger partial charge in [0.25, 0.3) is 0 Å². The van der Waals surface area contributed by atoms with Crippen LogP contribution in [0.3, 0.4) is 0 Å². The summed E-state index contributed by atoms with van der Waals surface area (Å²) in [6, 6.07) is 49.7. The molecule has 2 heterocycles. The Morgan fingerprint density at radius 3 is 2.00 bits per heavy atom. The van der Waals surface area contributed by atoms with Crippen molar-refractivity contribution in [1.29, 1.82) is 0 Å². The zero-order valence-electron chi connectivity index (χ0n) is 28.9. The summed E-state index contributed by atoms with van der Waals surface area (Å²) in [6.07, 6.45) is 7.08. The van der Waals surface area contributed by atoms with Crippen LogP contribution in [0.25, 0.3) is 77.2 Å². The second-order valence-corrected chi connectivity index (χ2v) is 16.4. The molecule has 5 aliphatic carbocycles. The summed E-state index contributed by atoms with van der Waals surface area (Å²) >= 11 is 0. The summed E-state index contributed by atoms with van der Waals surface area (Å²) in [7, 11) is 0. The number of furan rings is 1. The maximum atomic E-state index is 6.70. The van der Waals surface area contributed by atoms with Gasteiger partial charge >= 0.3 is 0 Å². The van der Waals surface area contributed by atoms with E-state index in [1.54, 1.807) is 11.1 Å². The van der Waals surface area contributed by atoms with Crippen molar-refractivity contribution in [3.63, 3.8) is 0 Å². The highest BCUT2D eigenvalue weighted by Gasteiger charge is 2.61. The molecule has 7 aromatic carbocycles. The van der Waals surface area contributed by atoms with Crippen molar-refractivity contribution in [2.45, 2.75) is 37.5 Å². The lowest BCUT2D eigenvalue weighted by Gasteiger charge is -2.61. The van der Waals surface area contributed by atoms with Crippen molar-refractivity contribution in [2.75, 3.05) is 0 Å². The van der Waals surface area contributed by atoms with E-state index in [-0.39, 0.29) is 5.41 Å². The Labute approximate surface area is 302 Å². The first-order valence-electron chi connectivity index (χ1n) is 19.2. The first-order chi connectivity index (χ1) is 25.7. The molecule has 0 radical (unpaired) electrons. The molecule has 14 rings (SSSR count). The van der Waals surface area contributed by atoms with E-state index in [1.807, 2.05) is 12.1 Å². The van der Waals surface area contributed by atoms with E-state index < -0.39 is 0 Å². The van der Waals surface area contributed by atoms with Crippen molar-refractivity contribution in [3.05, 3.63) is 145 Å². The van der Waals surface area contributed by atoms with Gasteiger partial charge in [-0.2, -0.15) is 0 Å². The highest BCUT2D eigenvalue weighted by molar-refractivity contribution is 6.12. The highest BCUT2D eigenvalue weighted by atomic mass is 16.5. The van der Waals surface area contributed by atoms with E-state index in [9.17, 15) is 0 Å². The third-order valence-corrected chi connectivity index (χ3v) is 14.1. The van der Waals surface area contributed by atoms with E-state index in [0.717, 1.165) is 62.7 Å². The smallest absolute Gasteiger partial charge is 0.135 e. The minimum Gasteiger partial charge on any atom is -0.456 e. The molecule has 52 heavy (non-hydrogen) atoms. The second-order valence-electron chi connectivity index (χ2n) is 16.4. The molecule has 0 amide bonds. The summed E-state index contributed by atoms with van der Waals surface area (Å²) in [4.78, 5) is 0. The fourth-order valence-electron chi connectivity index (χ4n) is 12.3. The predicted octanol–water partition coefficient (Wildman–Crippen LogP) is 13.6. The summed E-state index contributed by atoms with van der Waals surface area (Å²) in [5.74, 6) is 5.24. The Morgan fingerprint density at radius 1 is 0.423 bits per heavy atom. The number of benzene rings is 7. The number of rotatable bonds is 2. The first kappa shape index (κ1) is 28.0. The Bertz CT molecular complexity index is 2820. The van der Waals surface area contributed by atoms with Gasteiger partial charge in [0.15, 0.2) is 0 Å². The zero-order valence-corrected chi connectivity index (χ0v) is 28.9. The molecule has 2 nitrogen and oxygen atoms in total. The van der Waals surface area contributed by atoms with Gasteiger partial charge in [-0.15, -0.1) is 0 Å². The van der Waals surface area contributed by atoms with Crippen molar-refractivity contribution >= 4 is 32.7 Å². The van der Waals surface area contributed by atoms with Crippen LogP contribution in [-0.2, 0) is 5.41 Å². The molecule has 0 atom stereocenters. The van der Waals surface area contributed by atoms with Crippen LogP contribution in [0.2, 0.25) is 0 Å². The molecule has 248 valence electrons. The third kappa shape index (κ3) is 3.51. The molecule has 0 saturated heterocycles. The fourth-order valence-corrected chi connectivity index (χ4v) is 12.3. The largest absolute Gasteiger partial charge is 0.456 e. The molecule has 4 fully saturated rings. The van der Waals surface area contributed by atoms with Gasteiger partial charge in [-0.25, -0.2) is 0 Å². The SMILES string of the molecule is c1ccc2c(c1)-c1ccc(-c3ccc4c(c3)-c3cccc5c(-c6ccc7oc8ccccc8c7c6)ccc(c35)O4)cc1C21C2CC3CC(C2)CC1C3. The average Bonchev–Trinajstić information content (AvgIpc) is 3.70. The first-order valence-corrected chi connectivity index (χ1v) is 19.2. The van der Waals surface area contributed by atoms with Gasteiger partial charge in [0.2, 0.25) is 0 Å². The second kappa shape index (κ2) is 9.83. The Kier molecular flexibility index (Phi) is 5.30. The van der Waals surface area contributed by atoms with Crippen LogP contribution in [0.1, 0.15) is 43.2 Å². The zero-order chi connectivity index (χ0) is 33.7. The van der Waals surface area contributed by atoms with Gasteiger partial charge in [-0.1, -0.05) is 91.0 Å². The van der Waals surface area contributed by atoms with Crippen LogP contribution in [0.15, 0.2) is 138 Å². The molecule has 2 heteroatoms. The molecule has 1 aromatic heterocycles. The van der Waals surface area contributed by atoms with Crippen LogP contribution in [-0.4, -0.2) is 0 Å². The predicted molar refractivity (Wildman–Crippen MR) is 211 cm³/mol. The van der Waals surface area contributed by atoms with Gasteiger partial charge in [0, 0.05) is 27.1 Å². The maximum absolute atomic E-state index is 6.70. The van der Waals surface area contributed by atoms with E-state index >= 15 is 0 Å². The molecular weight excluding hydrogens is 633 g/mol. The third-order valence-electron chi connectivity index (χ3n) is 14.1. The minimum atomic E-state index is 0.166. The van der Waals surface area contributed by atoms with Crippen molar-refractivity contribution in [2.24, 2.45) is 23.7 Å². The van der Waals surface area contributed by atoms with Crippen LogP contribution >= 0.6 is 0 Å². The number of fused-ring (bicyclic) bond motifs is 8. The lowest BCUT2D eigenvalue weighted by atomic mass is 9.43. The molecule has 4 bridgehead atoms. The monoisotopic (exact) mass is 668 g/mol. The maximum Gasteiger partial charge on any atom is 0.135 e. The van der Waals surface area contributed by atoms with Gasteiger partial charge in [-0.3, -0.25) is 0 Å². The lowest BCUT2D eigenvalue weighted by Crippen LogP contribution is -2.55.